The highest BCUT2D eigenvalue weighted by Crippen LogP contribution is 2.19. The fraction of sp³-hybridized carbons (Fsp3) is 0.588. The number of hydrogen-bond donors (Lipinski definition) is 1. The molecule has 0 radical (unpaired) electrons. The number of nitrogens with zero attached hydrogens (tertiary/aromatic N) is 2. The normalized spacial score (nSPS) is 17.8. The molecule has 1 saturated heterocycles. The van der Waals surface area contributed by atoms with Gasteiger partial charge in [-0.2, -0.15) is 0 Å². The van der Waals surface area contributed by atoms with Crippen LogP contribution in [0.2, 0.25) is 0 Å². The number of nitrogens with two attached hydrogens (primary N) is 1. The molecule has 1 atom stereocenters. The molecule has 0 unspecified atom stereocenters. The van der Waals surface area contributed by atoms with Crippen LogP contribution >= 0.6 is 0 Å². The fourth-order valence-corrected chi connectivity index (χ4v) is 2.88. The summed E-state index contributed by atoms with van der Waals surface area (Å²) < 4.78 is 5.12. The number of aryl methyl sites for hydroxylation is 1. The number of nitrogen functional groups attached to an aromatic ring is 1. The number of carbonyl (C=O) groups is 2. The van der Waals surface area contributed by atoms with E-state index in [2.05, 4.69) is 11.9 Å². The number of amides is 1. The first-order valence-electron chi connectivity index (χ1n) is 8.25. The Morgan fingerprint density at radius 3 is 2.91 bits per heavy atom. The molecule has 126 valence electrons. The second-order valence-corrected chi connectivity index (χ2v) is 5.90. The lowest BCUT2D eigenvalue weighted by Crippen LogP contribution is -2.45. The van der Waals surface area contributed by atoms with Gasteiger partial charge in [-0.3, -0.25) is 9.59 Å². The van der Waals surface area contributed by atoms with Crippen LogP contribution in [0.5, 0.6) is 0 Å². The van der Waals surface area contributed by atoms with Gasteiger partial charge in [0.1, 0.15) is 5.82 Å². The van der Waals surface area contributed by atoms with Crippen LogP contribution in [0.1, 0.15) is 44.6 Å². The zero-order chi connectivity index (χ0) is 16.7. The minimum absolute atomic E-state index is 0.0842. The first-order chi connectivity index (χ1) is 11.1. The van der Waals surface area contributed by atoms with Crippen LogP contribution in [-0.4, -0.2) is 41.0 Å². The predicted octanol–water partition coefficient (Wildman–Crippen LogP) is 1.93. The van der Waals surface area contributed by atoms with E-state index in [0.29, 0.717) is 12.2 Å². The molecule has 2 heterocycles. The van der Waals surface area contributed by atoms with Crippen molar-refractivity contribution in [1.82, 2.24) is 9.88 Å². The number of piperidine rings is 1. The highest BCUT2D eigenvalue weighted by atomic mass is 16.5. The average Bonchev–Trinajstić information content (AvgIpc) is 2.59. The molecule has 2 N–H and O–H groups in total. The Labute approximate surface area is 137 Å². The molecule has 0 bridgehead atoms. The van der Waals surface area contributed by atoms with Crippen LogP contribution < -0.4 is 5.73 Å². The molecule has 0 spiro atoms. The van der Waals surface area contributed by atoms with E-state index in [1.807, 2.05) is 11.0 Å². The van der Waals surface area contributed by atoms with Gasteiger partial charge in [0, 0.05) is 25.2 Å². The topological polar surface area (TPSA) is 85.5 Å². The zero-order valence-electron chi connectivity index (χ0n) is 13.7. The van der Waals surface area contributed by atoms with Gasteiger partial charge in [-0.15, -0.1) is 0 Å². The van der Waals surface area contributed by atoms with Gasteiger partial charge < -0.3 is 15.4 Å². The van der Waals surface area contributed by atoms with Crippen molar-refractivity contribution in [3.05, 3.63) is 23.9 Å². The third-order valence-electron chi connectivity index (χ3n) is 4.24. The van der Waals surface area contributed by atoms with E-state index >= 15 is 0 Å². The number of likely N-dealkylation sites (tertiary alicyclic amines) is 1. The number of pyridine rings is 1. The SMILES string of the molecule is CC[C@H]1CCCCN1C(=O)COC(=O)CCc1ccc(N)nc1. The van der Waals surface area contributed by atoms with Crippen molar-refractivity contribution in [1.29, 1.82) is 0 Å². The minimum Gasteiger partial charge on any atom is -0.456 e. The van der Waals surface area contributed by atoms with Gasteiger partial charge in [0.25, 0.3) is 5.91 Å². The van der Waals surface area contributed by atoms with Crippen molar-refractivity contribution in [3.63, 3.8) is 0 Å². The largest absolute Gasteiger partial charge is 0.456 e. The number of ether oxygens (including phenoxy) is 1. The van der Waals surface area contributed by atoms with Crippen molar-refractivity contribution < 1.29 is 14.3 Å². The minimum atomic E-state index is -0.361. The molecule has 1 aliphatic rings. The van der Waals surface area contributed by atoms with Crippen LogP contribution in [0.4, 0.5) is 5.82 Å². The Morgan fingerprint density at radius 2 is 2.22 bits per heavy atom. The number of rotatable bonds is 6. The van der Waals surface area contributed by atoms with Crippen molar-refractivity contribution in [2.24, 2.45) is 0 Å². The molecular formula is C17H25N3O3. The second kappa shape index (κ2) is 8.50. The molecule has 1 aliphatic heterocycles. The Bertz CT molecular complexity index is 530. The van der Waals surface area contributed by atoms with E-state index in [0.717, 1.165) is 37.8 Å². The Kier molecular flexibility index (Phi) is 6.38. The average molecular weight is 319 g/mol. The molecule has 1 aromatic rings. The summed E-state index contributed by atoms with van der Waals surface area (Å²) in [7, 11) is 0. The lowest BCUT2D eigenvalue weighted by atomic mass is 10.00. The Balaban J connectivity index is 1.73. The standard InChI is InChI=1S/C17H25N3O3/c1-2-14-5-3-4-10-20(14)16(21)12-23-17(22)9-7-13-6-8-15(18)19-11-13/h6,8,11,14H,2-5,7,9-10,12H2,1H3,(H2,18,19)/t14-/m0/s1. The highest BCUT2D eigenvalue weighted by molar-refractivity contribution is 5.81. The molecule has 0 aromatic carbocycles. The van der Waals surface area contributed by atoms with Crippen molar-refractivity contribution in [3.8, 4) is 0 Å². The lowest BCUT2D eigenvalue weighted by Gasteiger charge is -2.35. The first-order valence-corrected chi connectivity index (χ1v) is 8.25. The van der Waals surface area contributed by atoms with Gasteiger partial charge in [-0.05, 0) is 43.7 Å². The van der Waals surface area contributed by atoms with Crippen LogP contribution in [0.3, 0.4) is 0 Å². The van der Waals surface area contributed by atoms with Gasteiger partial charge >= 0.3 is 5.97 Å². The highest BCUT2D eigenvalue weighted by Gasteiger charge is 2.25. The summed E-state index contributed by atoms with van der Waals surface area (Å²) in [5.41, 5.74) is 6.43. The Hall–Kier alpha value is -2.11. The summed E-state index contributed by atoms with van der Waals surface area (Å²) in [6.45, 7) is 2.70. The molecule has 23 heavy (non-hydrogen) atoms. The van der Waals surface area contributed by atoms with Crippen molar-refractivity contribution >= 4 is 17.7 Å². The summed E-state index contributed by atoms with van der Waals surface area (Å²) in [4.78, 5) is 29.8. The van der Waals surface area contributed by atoms with E-state index in [-0.39, 0.29) is 30.9 Å². The summed E-state index contributed by atoms with van der Waals surface area (Å²) in [5.74, 6) is 0.00761. The molecule has 0 saturated carbocycles. The van der Waals surface area contributed by atoms with Crippen molar-refractivity contribution in [2.45, 2.75) is 51.5 Å². The van der Waals surface area contributed by atoms with E-state index in [1.54, 1.807) is 12.3 Å². The third kappa shape index (κ3) is 5.23. The van der Waals surface area contributed by atoms with Gasteiger partial charge in [0.2, 0.25) is 0 Å². The van der Waals surface area contributed by atoms with E-state index < -0.39 is 0 Å². The predicted molar refractivity (Wildman–Crippen MR) is 87.6 cm³/mol. The lowest BCUT2D eigenvalue weighted by molar-refractivity contribution is -0.153. The summed E-state index contributed by atoms with van der Waals surface area (Å²) in [5, 5.41) is 0. The number of hydrogen-bond acceptors (Lipinski definition) is 5. The molecule has 1 fully saturated rings. The van der Waals surface area contributed by atoms with Gasteiger partial charge in [0.15, 0.2) is 6.61 Å². The number of carbonyl (C=O) groups excluding carboxylic acids is 2. The fourth-order valence-electron chi connectivity index (χ4n) is 2.88. The number of aromatic nitrogens is 1. The summed E-state index contributed by atoms with van der Waals surface area (Å²) in [6.07, 6.45) is 6.59. The maximum Gasteiger partial charge on any atom is 0.306 e. The smallest absolute Gasteiger partial charge is 0.306 e. The molecule has 6 nitrogen and oxygen atoms in total. The molecule has 6 heteroatoms. The number of anilines is 1. The molecule has 1 aromatic heterocycles. The number of esters is 1. The second-order valence-electron chi connectivity index (χ2n) is 5.90. The van der Waals surface area contributed by atoms with E-state index in [4.69, 9.17) is 10.5 Å². The maximum atomic E-state index is 12.2. The monoisotopic (exact) mass is 319 g/mol. The Morgan fingerprint density at radius 1 is 1.39 bits per heavy atom. The van der Waals surface area contributed by atoms with Gasteiger partial charge in [-0.1, -0.05) is 13.0 Å². The first kappa shape index (κ1) is 17.2. The maximum absolute atomic E-state index is 12.2. The van der Waals surface area contributed by atoms with E-state index in [9.17, 15) is 9.59 Å². The van der Waals surface area contributed by atoms with Crippen molar-refractivity contribution in [2.75, 3.05) is 18.9 Å². The van der Waals surface area contributed by atoms with Gasteiger partial charge in [-0.25, -0.2) is 4.98 Å². The van der Waals surface area contributed by atoms with Crippen LogP contribution in [0, 0.1) is 0 Å². The van der Waals surface area contributed by atoms with Crippen LogP contribution in [0.25, 0.3) is 0 Å². The van der Waals surface area contributed by atoms with Crippen LogP contribution in [0.15, 0.2) is 18.3 Å². The quantitative estimate of drug-likeness (QED) is 0.810. The van der Waals surface area contributed by atoms with E-state index in [1.165, 1.54) is 0 Å². The molecule has 2 rings (SSSR count). The summed E-state index contributed by atoms with van der Waals surface area (Å²) >= 11 is 0. The molecule has 1 amide bonds. The zero-order valence-corrected chi connectivity index (χ0v) is 13.7. The molecule has 0 aliphatic carbocycles. The molecular weight excluding hydrogens is 294 g/mol. The van der Waals surface area contributed by atoms with Gasteiger partial charge in [0.05, 0.1) is 0 Å². The summed E-state index contributed by atoms with van der Waals surface area (Å²) in [6, 6.07) is 3.82. The third-order valence-corrected chi connectivity index (χ3v) is 4.24. The van der Waals surface area contributed by atoms with Crippen LogP contribution in [-0.2, 0) is 20.7 Å².